The number of unbranched alkanes of at least 4 members (excludes halogenated alkanes) is 1. The van der Waals surface area contributed by atoms with Crippen LogP contribution in [0.15, 0.2) is 81.5 Å². The third-order valence-electron chi connectivity index (χ3n) is 6.64. The molecule has 0 aromatic carbocycles. The number of nitrogens with one attached hydrogen (secondary N) is 1. The Hall–Kier alpha value is -2.68. The highest BCUT2D eigenvalue weighted by Crippen LogP contribution is 2.17. The summed E-state index contributed by atoms with van der Waals surface area (Å²) in [6.45, 7) is 15.3. The number of allylic oxidation sites excluding steroid dienone is 12. The van der Waals surface area contributed by atoms with Crippen molar-refractivity contribution in [2.75, 3.05) is 0 Å². The normalized spacial score (nSPS) is 15.8. The fourth-order valence-electron chi connectivity index (χ4n) is 4.25. The Balaban J connectivity index is 2.24. The van der Waals surface area contributed by atoms with Crippen LogP contribution in [0.25, 0.3) is 0 Å². The standard InChI is InChI=1S/C34H51NO2/c1-26(2)14-10-17-29(5)20-11-18-27(3)15-8-9-16-28(4)19-12-21-30(6)22-13-23-31(7)24-32-25-33(36)35-34(32)37/h14-16,20-21,23,25H,8-13,17-19,22,24H2,1-7H3,(H,35,36,37)/b27-15+,28-16+,29-20+,30-21+,31-23+. The van der Waals surface area contributed by atoms with Crippen molar-refractivity contribution < 1.29 is 9.59 Å². The zero-order chi connectivity index (χ0) is 27.6. The smallest absolute Gasteiger partial charge is 0.254 e. The van der Waals surface area contributed by atoms with Crippen LogP contribution in [-0.4, -0.2) is 11.8 Å². The van der Waals surface area contributed by atoms with Crippen molar-refractivity contribution in [2.24, 2.45) is 0 Å². The molecule has 0 atom stereocenters. The molecule has 0 fully saturated rings. The molecule has 1 rings (SSSR count). The predicted octanol–water partition coefficient (Wildman–Crippen LogP) is 9.56. The summed E-state index contributed by atoms with van der Waals surface area (Å²) in [5.41, 5.74) is 8.99. The lowest BCUT2D eigenvalue weighted by molar-refractivity contribution is -0.123. The second-order valence-corrected chi connectivity index (χ2v) is 10.9. The molecule has 0 aromatic heterocycles. The van der Waals surface area contributed by atoms with E-state index in [9.17, 15) is 9.59 Å². The first-order chi connectivity index (χ1) is 17.6. The van der Waals surface area contributed by atoms with E-state index in [1.807, 2.05) is 6.92 Å². The second-order valence-electron chi connectivity index (χ2n) is 10.9. The lowest BCUT2D eigenvalue weighted by atomic mass is 10.0. The van der Waals surface area contributed by atoms with E-state index in [0.717, 1.165) is 63.4 Å². The molecule has 1 N–H and O–H groups in total. The van der Waals surface area contributed by atoms with Crippen LogP contribution in [-0.2, 0) is 9.59 Å². The van der Waals surface area contributed by atoms with E-state index in [4.69, 9.17) is 0 Å². The molecule has 1 aliphatic rings. The van der Waals surface area contributed by atoms with Gasteiger partial charge in [0, 0.05) is 11.6 Å². The van der Waals surface area contributed by atoms with Crippen molar-refractivity contribution in [2.45, 2.75) is 119 Å². The van der Waals surface area contributed by atoms with Crippen LogP contribution >= 0.6 is 0 Å². The highest BCUT2D eigenvalue weighted by Gasteiger charge is 2.20. The van der Waals surface area contributed by atoms with E-state index < -0.39 is 0 Å². The van der Waals surface area contributed by atoms with Gasteiger partial charge in [0.25, 0.3) is 11.8 Å². The van der Waals surface area contributed by atoms with Gasteiger partial charge in [-0.15, -0.1) is 0 Å². The summed E-state index contributed by atoms with van der Waals surface area (Å²) in [5, 5.41) is 2.30. The largest absolute Gasteiger partial charge is 0.289 e. The molecule has 0 saturated carbocycles. The molecule has 3 nitrogen and oxygen atoms in total. The van der Waals surface area contributed by atoms with Gasteiger partial charge in [0.1, 0.15) is 0 Å². The van der Waals surface area contributed by atoms with Gasteiger partial charge in [-0.05, 0) is 119 Å². The molecule has 0 aromatic rings. The number of imide groups is 1. The minimum Gasteiger partial charge on any atom is -0.289 e. The van der Waals surface area contributed by atoms with Gasteiger partial charge in [0.15, 0.2) is 0 Å². The van der Waals surface area contributed by atoms with Gasteiger partial charge in [0.2, 0.25) is 0 Å². The summed E-state index contributed by atoms with van der Waals surface area (Å²) in [6, 6.07) is 0. The van der Waals surface area contributed by atoms with E-state index in [2.05, 4.69) is 83.3 Å². The molecule has 2 amide bonds. The second kappa shape index (κ2) is 18.5. The van der Waals surface area contributed by atoms with Gasteiger partial charge in [-0.1, -0.05) is 69.9 Å². The Morgan fingerprint density at radius 3 is 1.32 bits per heavy atom. The minimum atomic E-state index is -0.303. The van der Waals surface area contributed by atoms with E-state index in [1.165, 1.54) is 40.4 Å². The first kappa shape index (κ1) is 32.3. The monoisotopic (exact) mass is 505 g/mol. The van der Waals surface area contributed by atoms with Crippen LogP contribution in [0.2, 0.25) is 0 Å². The molecule has 3 heteroatoms. The molecule has 0 radical (unpaired) electrons. The van der Waals surface area contributed by atoms with Crippen LogP contribution in [0.3, 0.4) is 0 Å². The average Bonchev–Trinajstić information content (AvgIpc) is 3.12. The average molecular weight is 506 g/mol. The summed E-state index contributed by atoms with van der Waals surface area (Å²) < 4.78 is 0. The highest BCUT2D eigenvalue weighted by molar-refractivity contribution is 6.16. The highest BCUT2D eigenvalue weighted by atomic mass is 16.2. The number of hydrogen-bond acceptors (Lipinski definition) is 2. The SMILES string of the molecule is CC(C)=CCC/C(C)=C/CC/C(C)=C/CC/C=C(\C)CC/C=C(\C)CC/C=C(\C)CC1=CC(=O)NC1=O. The number of hydrogen-bond donors (Lipinski definition) is 1. The summed E-state index contributed by atoms with van der Waals surface area (Å²) >= 11 is 0. The maximum absolute atomic E-state index is 11.6. The Bertz CT molecular complexity index is 975. The van der Waals surface area contributed by atoms with Gasteiger partial charge in [-0.2, -0.15) is 0 Å². The van der Waals surface area contributed by atoms with Crippen molar-refractivity contribution in [3.05, 3.63) is 81.5 Å². The first-order valence-electron chi connectivity index (χ1n) is 14.0. The Morgan fingerprint density at radius 2 is 0.946 bits per heavy atom. The van der Waals surface area contributed by atoms with Crippen molar-refractivity contribution in [3.8, 4) is 0 Å². The quantitative estimate of drug-likeness (QED) is 0.121. The zero-order valence-corrected chi connectivity index (χ0v) is 24.6. The fraction of sp³-hybridized carbons (Fsp3) is 0.529. The van der Waals surface area contributed by atoms with Crippen LogP contribution in [0.1, 0.15) is 119 Å². The Labute approximate surface area is 227 Å². The third kappa shape index (κ3) is 16.6. The van der Waals surface area contributed by atoms with Gasteiger partial charge >= 0.3 is 0 Å². The lowest BCUT2D eigenvalue weighted by Gasteiger charge is -2.03. The maximum atomic E-state index is 11.6. The molecule has 37 heavy (non-hydrogen) atoms. The van der Waals surface area contributed by atoms with Gasteiger partial charge in [0.05, 0.1) is 0 Å². The van der Waals surface area contributed by atoms with Crippen molar-refractivity contribution >= 4 is 11.8 Å². The molecule has 1 heterocycles. The Kier molecular flexibility index (Phi) is 16.2. The van der Waals surface area contributed by atoms with Crippen LogP contribution in [0, 0.1) is 0 Å². The molecule has 0 saturated heterocycles. The van der Waals surface area contributed by atoms with Crippen LogP contribution < -0.4 is 5.32 Å². The van der Waals surface area contributed by atoms with E-state index in [1.54, 1.807) is 0 Å². The summed E-state index contributed by atoms with van der Waals surface area (Å²) in [6.07, 6.45) is 27.1. The van der Waals surface area contributed by atoms with E-state index in [0.29, 0.717) is 12.0 Å². The van der Waals surface area contributed by atoms with Crippen molar-refractivity contribution in [3.63, 3.8) is 0 Å². The molecule has 1 aliphatic heterocycles. The predicted molar refractivity (Wildman–Crippen MR) is 160 cm³/mol. The van der Waals surface area contributed by atoms with Crippen molar-refractivity contribution in [1.29, 1.82) is 0 Å². The van der Waals surface area contributed by atoms with Gasteiger partial charge in [-0.25, -0.2) is 0 Å². The topological polar surface area (TPSA) is 46.2 Å². The molecule has 0 aliphatic carbocycles. The fourth-order valence-corrected chi connectivity index (χ4v) is 4.25. The van der Waals surface area contributed by atoms with E-state index >= 15 is 0 Å². The third-order valence-corrected chi connectivity index (χ3v) is 6.64. The van der Waals surface area contributed by atoms with Gasteiger partial charge in [-0.3, -0.25) is 14.9 Å². The van der Waals surface area contributed by atoms with Crippen LogP contribution in [0.4, 0.5) is 0 Å². The molecule has 0 spiro atoms. The molecule has 0 unspecified atom stereocenters. The maximum Gasteiger partial charge on any atom is 0.254 e. The van der Waals surface area contributed by atoms with Gasteiger partial charge < -0.3 is 0 Å². The molecular formula is C34H51NO2. The number of carbonyl (C=O) groups is 2. The number of carbonyl (C=O) groups excluding carboxylic acids is 2. The lowest BCUT2D eigenvalue weighted by Crippen LogP contribution is -2.22. The zero-order valence-electron chi connectivity index (χ0n) is 24.6. The first-order valence-corrected chi connectivity index (χ1v) is 14.0. The molecule has 204 valence electrons. The summed E-state index contributed by atoms with van der Waals surface area (Å²) in [5.74, 6) is -0.560. The Morgan fingerprint density at radius 1 is 0.568 bits per heavy atom. The summed E-state index contributed by atoms with van der Waals surface area (Å²) in [4.78, 5) is 22.9. The molecular weight excluding hydrogens is 454 g/mol. The number of rotatable bonds is 17. The minimum absolute atomic E-state index is 0.257. The molecule has 0 bridgehead atoms. The van der Waals surface area contributed by atoms with Crippen molar-refractivity contribution in [1.82, 2.24) is 5.32 Å². The number of amides is 2. The van der Waals surface area contributed by atoms with E-state index in [-0.39, 0.29) is 11.8 Å². The summed E-state index contributed by atoms with van der Waals surface area (Å²) in [7, 11) is 0. The van der Waals surface area contributed by atoms with Crippen LogP contribution in [0.5, 0.6) is 0 Å².